The van der Waals surface area contributed by atoms with E-state index in [4.69, 9.17) is 14.2 Å². The van der Waals surface area contributed by atoms with Gasteiger partial charge in [-0.1, -0.05) is 47.1 Å². The van der Waals surface area contributed by atoms with E-state index in [9.17, 15) is 48.3 Å². The van der Waals surface area contributed by atoms with Crippen molar-refractivity contribution >= 4 is 70.2 Å². The minimum absolute atomic E-state index is 0.0283. The third kappa shape index (κ3) is 21.0. The van der Waals surface area contributed by atoms with E-state index in [2.05, 4.69) is 20.9 Å². The summed E-state index contributed by atoms with van der Waals surface area (Å²) in [5, 5.41) is 21.0. The molecule has 0 fully saturated rings. The van der Waals surface area contributed by atoms with Gasteiger partial charge in [0, 0.05) is 101 Å². The van der Waals surface area contributed by atoms with Crippen LogP contribution in [-0.2, 0) is 54.2 Å². The SMILES string of the molecule is CC[C@H](C)[C@H](CC(=O)C(C)(C)N(C)C)C(=O)N(C)[C@H](C[C@@H](OC(C)=O)c1nc(C(=O)N[C@@H](Cc2ccc(O)c(NC(=O)CCCN3C(=O)C=CC3=O)c2)CC(C)C(=O)CCCOCCNC(=O)OC(C)(C)C)cs1)C(C)C. The normalized spacial score (nSPS) is 15.1. The van der Waals surface area contributed by atoms with Crippen LogP contribution >= 0.6 is 11.3 Å². The van der Waals surface area contributed by atoms with Crippen molar-refractivity contribution in [3.8, 4) is 5.75 Å². The van der Waals surface area contributed by atoms with Crippen LogP contribution in [0.15, 0.2) is 35.7 Å². The Morgan fingerprint density at radius 3 is 2.16 bits per heavy atom. The maximum absolute atomic E-state index is 14.4. The van der Waals surface area contributed by atoms with E-state index >= 15 is 0 Å². The Labute approximate surface area is 458 Å². The monoisotopic (exact) mass is 1100 g/mol. The number of esters is 1. The molecule has 0 bridgehead atoms. The van der Waals surface area contributed by atoms with Crippen LogP contribution in [0.1, 0.15) is 155 Å². The summed E-state index contributed by atoms with van der Waals surface area (Å²) in [5.41, 5.74) is -0.692. The highest BCUT2D eigenvalue weighted by atomic mass is 32.1. The molecule has 2 heterocycles. The number of carbonyl (C=O) groups is 9. The molecule has 0 radical (unpaired) electrons. The molecule has 6 amide bonds. The van der Waals surface area contributed by atoms with Crippen molar-refractivity contribution in [3.63, 3.8) is 0 Å². The van der Waals surface area contributed by atoms with Crippen molar-refractivity contribution in [1.82, 2.24) is 30.3 Å². The standard InChI is InChI=1S/C56H85N7O13S/c1-15-35(4)40(31-47(67)56(10,11)61(12)13)53(72)62(14)43(34(2)3)32-46(75-37(6)64)52-60-42(33-77-52)51(71)58-39(28-36(5)44(65)18-17-26-74-27-24-57-54(73)76-55(7,8)9)29-38-20-21-45(66)41(30-38)59-48(68)19-16-25-63-49(69)22-23-50(63)70/h20-23,30,33-36,39-40,43,46,66H,15-19,24-29,31-32H2,1-14H3,(H,57,73)(H,58,71)(H,59,68)/t35-,36?,39+,40-,43+,46+/m0/s1. The average Bonchev–Trinajstić information content (AvgIpc) is 3.97. The molecule has 1 aromatic carbocycles. The first-order chi connectivity index (χ1) is 35.9. The largest absolute Gasteiger partial charge is 0.506 e. The van der Waals surface area contributed by atoms with Crippen molar-refractivity contribution in [2.45, 2.75) is 163 Å². The van der Waals surface area contributed by atoms with Gasteiger partial charge in [0.25, 0.3) is 17.7 Å². The molecule has 21 heteroatoms. The summed E-state index contributed by atoms with van der Waals surface area (Å²) in [6, 6.07) is 3.46. The van der Waals surface area contributed by atoms with Gasteiger partial charge in [-0.15, -0.1) is 11.3 Å². The predicted molar refractivity (Wildman–Crippen MR) is 293 cm³/mol. The van der Waals surface area contributed by atoms with Crippen LogP contribution in [0.3, 0.4) is 0 Å². The number of imide groups is 1. The molecule has 428 valence electrons. The molecule has 0 saturated carbocycles. The lowest BCUT2D eigenvalue weighted by Crippen LogP contribution is -2.50. The Morgan fingerprint density at radius 2 is 1.56 bits per heavy atom. The zero-order valence-corrected chi connectivity index (χ0v) is 48.6. The number of ketones is 2. The number of phenolic OH excluding ortho intramolecular Hbond substituents is 1. The van der Waals surface area contributed by atoms with Gasteiger partial charge in [-0.2, -0.15) is 0 Å². The van der Waals surface area contributed by atoms with Crippen LogP contribution in [-0.4, -0.2) is 149 Å². The number of nitrogens with one attached hydrogen (secondary N) is 3. The van der Waals surface area contributed by atoms with Crippen LogP contribution < -0.4 is 16.0 Å². The number of alkyl carbamates (subject to hydrolysis) is 1. The van der Waals surface area contributed by atoms with E-state index in [1.54, 1.807) is 57.2 Å². The molecule has 1 unspecified atom stereocenters. The number of aromatic nitrogens is 1. The number of anilines is 1. The van der Waals surface area contributed by atoms with Crippen molar-refractivity contribution in [2.75, 3.05) is 52.8 Å². The summed E-state index contributed by atoms with van der Waals surface area (Å²) in [5.74, 6) is -4.40. The smallest absolute Gasteiger partial charge is 0.407 e. The fraction of sp³-hybridized carbons (Fsp3) is 0.643. The summed E-state index contributed by atoms with van der Waals surface area (Å²) in [7, 11) is 5.37. The Balaban J connectivity index is 1.84. The number of phenols is 1. The van der Waals surface area contributed by atoms with Crippen molar-refractivity contribution in [1.29, 1.82) is 0 Å². The maximum Gasteiger partial charge on any atom is 0.407 e. The molecule has 0 spiro atoms. The van der Waals surface area contributed by atoms with Gasteiger partial charge in [-0.3, -0.25) is 48.2 Å². The number of amides is 6. The Hall–Kier alpha value is -6.06. The summed E-state index contributed by atoms with van der Waals surface area (Å²) >= 11 is 1.12. The molecular formula is C56H85N7O13S. The van der Waals surface area contributed by atoms with Gasteiger partial charge in [-0.25, -0.2) is 9.78 Å². The lowest BCUT2D eigenvalue weighted by Gasteiger charge is -2.38. The molecule has 1 aliphatic heterocycles. The van der Waals surface area contributed by atoms with E-state index in [0.717, 1.165) is 16.2 Å². The highest BCUT2D eigenvalue weighted by Gasteiger charge is 2.39. The quantitative estimate of drug-likeness (QED) is 0.0245. The number of nitrogens with zero attached hydrogens (tertiary/aromatic N) is 4. The summed E-state index contributed by atoms with van der Waals surface area (Å²) in [4.78, 5) is 126. The Kier molecular flexibility index (Phi) is 25.6. The van der Waals surface area contributed by atoms with Crippen LogP contribution in [0.5, 0.6) is 5.75 Å². The number of thiazole rings is 1. The van der Waals surface area contributed by atoms with Crippen LogP contribution in [0.2, 0.25) is 0 Å². The third-order valence-electron chi connectivity index (χ3n) is 13.9. The first kappa shape index (κ1) is 65.2. The number of likely N-dealkylation sites (N-methyl/N-ethyl adjacent to an activating group) is 1. The zero-order chi connectivity index (χ0) is 57.9. The Bertz CT molecular complexity index is 2390. The molecule has 77 heavy (non-hydrogen) atoms. The number of hydrogen-bond acceptors (Lipinski definition) is 16. The van der Waals surface area contributed by atoms with E-state index in [0.29, 0.717) is 23.4 Å². The second kappa shape index (κ2) is 30.2. The number of aromatic hydroxyl groups is 1. The fourth-order valence-electron chi connectivity index (χ4n) is 8.58. The lowest BCUT2D eigenvalue weighted by atomic mass is 9.81. The van der Waals surface area contributed by atoms with Gasteiger partial charge >= 0.3 is 12.1 Å². The van der Waals surface area contributed by atoms with Gasteiger partial charge < -0.3 is 40.2 Å². The highest BCUT2D eigenvalue weighted by molar-refractivity contribution is 7.09. The molecule has 1 aromatic heterocycles. The van der Waals surface area contributed by atoms with Gasteiger partial charge in [0.15, 0.2) is 11.9 Å². The van der Waals surface area contributed by atoms with Gasteiger partial charge in [-0.05, 0) is 104 Å². The lowest BCUT2D eigenvalue weighted by molar-refractivity contribution is -0.150. The van der Waals surface area contributed by atoms with Crippen LogP contribution in [0.25, 0.3) is 0 Å². The molecule has 0 saturated heterocycles. The average molecular weight is 1100 g/mol. The number of rotatable bonds is 32. The summed E-state index contributed by atoms with van der Waals surface area (Å²) in [6.45, 7) is 20.6. The molecule has 1 aliphatic rings. The van der Waals surface area contributed by atoms with Gasteiger partial charge in [0.2, 0.25) is 11.8 Å². The maximum atomic E-state index is 14.4. The van der Waals surface area contributed by atoms with Crippen molar-refractivity contribution < 1.29 is 62.5 Å². The number of ether oxygens (including phenoxy) is 3. The molecular weight excluding hydrogens is 1010 g/mol. The minimum atomic E-state index is -0.940. The van der Waals surface area contributed by atoms with Crippen molar-refractivity contribution in [3.05, 3.63) is 52.0 Å². The molecule has 6 atom stereocenters. The van der Waals surface area contributed by atoms with Crippen molar-refractivity contribution in [2.24, 2.45) is 23.7 Å². The van der Waals surface area contributed by atoms with Gasteiger partial charge in [0.1, 0.15) is 27.8 Å². The molecule has 0 aliphatic carbocycles. The second-order valence-corrected chi connectivity index (χ2v) is 22.9. The predicted octanol–water partition coefficient (Wildman–Crippen LogP) is 7.19. The molecule has 4 N–H and O–H groups in total. The summed E-state index contributed by atoms with van der Waals surface area (Å²) < 4.78 is 16.7. The highest BCUT2D eigenvalue weighted by Crippen LogP contribution is 2.34. The fourth-order valence-corrected chi connectivity index (χ4v) is 9.42. The molecule has 20 nitrogen and oxygen atoms in total. The van der Waals surface area contributed by atoms with E-state index in [1.165, 1.54) is 25.1 Å². The van der Waals surface area contributed by atoms with E-state index < -0.39 is 76.9 Å². The minimum Gasteiger partial charge on any atom is -0.506 e. The van der Waals surface area contributed by atoms with Crippen LogP contribution in [0.4, 0.5) is 10.5 Å². The first-order valence-corrected chi connectivity index (χ1v) is 27.5. The van der Waals surface area contributed by atoms with E-state index in [-0.39, 0.29) is 118 Å². The number of carbonyl (C=O) groups excluding carboxylic acids is 9. The number of benzene rings is 1. The van der Waals surface area contributed by atoms with Crippen LogP contribution in [0, 0.1) is 23.7 Å². The zero-order valence-electron chi connectivity index (χ0n) is 47.7. The molecule has 3 rings (SSSR count). The number of hydrogen-bond donors (Lipinski definition) is 4. The molecule has 2 aromatic rings. The number of Topliss-reactive ketones (excluding diaryl/α,β-unsaturated/α-hetero) is 2. The third-order valence-corrected chi connectivity index (χ3v) is 14.9. The first-order valence-electron chi connectivity index (χ1n) is 26.6. The van der Waals surface area contributed by atoms with E-state index in [1.807, 2.05) is 60.5 Å². The topological polar surface area (TPSA) is 260 Å². The summed E-state index contributed by atoms with van der Waals surface area (Å²) in [6.07, 6.45) is 2.82. The Morgan fingerprint density at radius 1 is 0.896 bits per heavy atom. The second-order valence-electron chi connectivity index (χ2n) is 22.0. The van der Waals surface area contributed by atoms with Gasteiger partial charge in [0.05, 0.1) is 17.8 Å².